The first-order valence-corrected chi connectivity index (χ1v) is 7.88. The largest absolute Gasteiger partial charge is 0.462 e. The van der Waals surface area contributed by atoms with E-state index >= 15 is 0 Å². The number of alkyl halides is 3. The lowest BCUT2D eigenvalue weighted by Gasteiger charge is -2.12. The molecule has 144 valence electrons. The molecular weight excluding hydrogens is 368 g/mol. The van der Waals surface area contributed by atoms with Crippen molar-refractivity contribution in [3.8, 4) is 0 Å². The van der Waals surface area contributed by atoms with Gasteiger partial charge in [-0.3, -0.25) is 0 Å². The van der Waals surface area contributed by atoms with E-state index in [4.69, 9.17) is 4.74 Å². The van der Waals surface area contributed by atoms with Crippen LogP contribution >= 0.6 is 0 Å². The van der Waals surface area contributed by atoms with Gasteiger partial charge in [-0.2, -0.15) is 13.2 Å². The number of amides is 2. The van der Waals surface area contributed by atoms with Gasteiger partial charge in [-0.15, -0.1) is 0 Å². The molecule has 0 unspecified atom stereocenters. The molecule has 0 saturated carbocycles. The number of halogens is 4. The van der Waals surface area contributed by atoms with Gasteiger partial charge >= 0.3 is 18.2 Å². The van der Waals surface area contributed by atoms with Crippen molar-refractivity contribution in [2.24, 2.45) is 0 Å². The van der Waals surface area contributed by atoms with Crippen molar-refractivity contribution < 1.29 is 31.9 Å². The van der Waals surface area contributed by atoms with E-state index < -0.39 is 29.6 Å². The second-order valence-corrected chi connectivity index (χ2v) is 5.42. The Kier molecular flexibility index (Phi) is 6.38. The van der Waals surface area contributed by atoms with Crippen LogP contribution in [0.3, 0.4) is 0 Å². The zero-order valence-corrected chi connectivity index (χ0v) is 14.2. The molecular formula is C18H16F4N2O3. The molecule has 2 aromatic carbocycles. The Labute approximate surface area is 152 Å². The summed E-state index contributed by atoms with van der Waals surface area (Å²) in [6, 6.07) is 7.33. The molecule has 9 heteroatoms. The zero-order valence-electron chi connectivity index (χ0n) is 14.2. The number of para-hydroxylation sites is 1. The zero-order chi connectivity index (χ0) is 20.0. The van der Waals surface area contributed by atoms with Crippen LogP contribution < -0.4 is 10.6 Å². The van der Waals surface area contributed by atoms with Crippen LogP contribution in [-0.2, 0) is 17.5 Å². The van der Waals surface area contributed by atoms with Gasteiger partial charge in [0.15, 0.2) is 0 Å². The summed E-state index contributed by atoms with van der Waals surface area (Å²) < 4.78 is 56.4. The predicted octanol–water partition coefficient (Wildman–Crippen LogP) is 4.34. The molecule has 0 aliphatic heterocycles. The summed E-state index contributed by atoms with van der Waals surface area (Å²) in [5.74, 6) is -1.69. The lowest BCUT2D eigenvalue weighted by molar-refractivity contribution is -0.137. The van der Waals surface area contributed by atoms with E-state index in [-0.39, 0.29) is 30.0 Å². The van der Waals surface area contributed by atoms with Crippen molar-refractivity contribution in [1.29, 1.82) is 0 Å². The highest BCUT2D eigenvalue weighted by molar-refractivity contribution is 6.00. The number of benzene rings is 2. The summed E-state index contributed by atoms with van der Waals surface area (Å²) in [6.07, 6.45) is -4.70. The Morgan fingerprint density at radius 3 is 2.48 bits per heavy atom. The molecule has 0 aromatic heterocycles. The molecule has 0 bridgehead atoms. The first kappa shape index (κ1) is 20.2. The number of hydrogen-bond acceptors (Lipinski definition) is 3. The van der Waals surface area contributed by atoms with E-state index in [0.717, 1.165) is 12.1 Å². The predicted molar refractivity (Wildman–Crippen MR) is 89.7 cm³/mol. The Bertz CT molecular complexity index is 838. The number of anilines is 1. The van der Waals surface area contributed by atoms with E-state index in [0.29, 0.717) is 6.07 Å². The van der Waals surface area contributed by atoms with E-state index in [1.807, 2.05) is 0 Å². The van der Waals surface area contributed by atoms with Crippen LogP contribution in [0.25, 0.3) is 0 Å². The number of urea groups is 1. The number of rotatable bonds is 5. The molecule has 0 saturated heterocycles. The van der Waals surface area contributed by atoms with Gasteiger partial charge in [-0.05, 0) is 42.8 Å². The smallest absolute Gasteiger partial charge is 0.416 e. The highest BCUT2D eigenvalue weighted by atomic mass is 19.4. The summed E-state index contributed by atoms with van der Waals surface area (Å²) in [4.78, 5) is 23.8. The molecule has 0 radical (unpaired) electrons. The van der Waals surface area contributed by atoms with E-state index in [1.165, 1.54) is 12.1 Å². The number of esters is 1. The summed E-state index contributed by atoms with van der Waals surface area (Å²) in [5, 5.41) is 4.73. The quantitative estimate of drug-likeness (QED) is 0.595. The molecule has 0 fully saturated rings. The average Bonchev–Trinajstić information content (AvgIpc) is 2.59. The van der Waals surface area contributed by atoms with Crippen LogP contribution in [0.15, 0.2) is 42.5 Å². The standard InChI is InChI=1S/C18H16F4N2O3/c1-2-27-16(25)14-5-3-4-6-15(14)24-17(26)23-10-11-7-12(18(20,21)22)9-13(19)8-11/h3-9H,2,10H2,1H3,(H2,23,24,26). The first-order valence-electron chi connectivity index (χ1n) is 7.88. The third-order valence-electron chi connectivity index (χ3n) is 3.41. The van der Waals surface area contributed by atoms with E-state index in [9.17, 15) is 27.2 Å². The third kappa shape index (κ3) is 5.70. The maximum absolute atomic E-state index is 13.4. The summed E-state index contributed by atoms with van der Waals surface area (Å²) >= 11 is 0. The van der Waals surface area contributed by atoms with Crippen LogP contribution in [0.2, 0.25) is 0 Å². The Morgan fingerprint density at radius 2 is 1.81 bits per heavy atom. The van der Waals surface area contributed by atoms with Gasteiger partial charge < -0.3 is 15.4 Å². The van der Waals surface area contributed by atoms with Crippen molar-refractivity contribution in [3.05, 3.63) is 65.0 Å². The van der Waals surface area contributed by atoms with Gasteiger partial charge in [0.1, 0.15) is 5.82 Å². The van der Waals surface area contributed by atoms with Crippen molar-refractivity contribution in [1.82, 2.24) is 5.32 Å². The monoisotopic (exact) mass is 384 g/mol. The second-order valence-electron chi connectivity index (χ2n) is 5.42. The molecule has 0 aliphatic rings. The van der Waals surface area contributed by atoms with Gasteiger partial charge in [-0.25, -0.2) is 14.0 Å². The number of carbonyl (C=O) groups is 2. The molecule has 0 atom stereocenters. The Hall–Kier alpha value is -3.10. The number of ether oxygens (including phenoxy) is 1. The average molecular weight is 384 g/mol. The molecule has 27 heavy (non-hydrogen) atoms. The molecule has 0 aliphatic carbocycles. The fraction of sp³-hybridized carbons (Fsp3) is 0.222. The van der Waals surface area contributed by atoms with Crippen LogP contribution in [0.1, 0.15) is 28.4 Å². The normalized spacial score (nSPS) is 11.0. The maximum Gasteiger partial charge on any atom is 0.416 e. The van der Waals surface area contributed by atoms with Gasteiger partial charge in [0.05, 0.1) is 23.4 Å². The maximum atomic E-state index is 13.4. The SMILES string of the molecule is CCOC(=O)c1ccccc1NC(=O)NCc1cc(F)cc(C(F)(F)F)c1. The number of hydrogen-bond donors (Lipinski definition) is 2. The molecule has 2 N–H and O–H groups in total. The minimum atomic E-state index is -4.70. The molecule has 2 rings (SSSR count). The van der Waals surface area contributed by atoms with Crippen molar-refractivity contribution in [3.63, 3.8) is 0 Å². The summed E-state index contributed by atoms with van der Waals surface area (Å²) in [7, 11) is 0. The minimum absolute atomic E-state index is 0.0591. The molecule has 0 heterocycles. The van der Waals surface area contributed by atoms with Crippen molar-refractivity contribution in [2.75, 3.05) is 11.9 Å². The summed E-state index contributed by atoms with van der Waals surface area (Å²) in [5.41, 5.74) is -0.910. The second kappa shape index (κ2) is 8.52. The van der Waals surface area contributed by atoms with Gasteiger partial charge in [0.25, 0.3) is 0 Å². The van der Waals surface area contributed by atoms with Crippen molar-refractivity contribution >= 4 is 17.7 Å². The fourth-order valence-corrected chi connectivity index (χ4v) is 2.24. The van der Waals surface area contributed by atoms with Crippen LogP contribution in [0.5, 0.6) is 0 Å². The van der Waals surface area contributed by atoms with Gasteiger partial charge in [0.2, 0.25) is 0 Å². The Morgan fingerprint density at radius 1 is 1.11 bits per heavy atom. The van der Waals surface area contributed by atoms with Crippen molar-refractivity contribution in [2.45, 2.75) is 19.6 Å². The molecule has 2 amide bonds. The highest BCUT2D eigenvalue weighted by Gasteiger charge is 2.31. The first-order chi connectivity index (χ1) is 12.7. The summed E-state index contributed by atoms with van der Waals surface area (Å²) in [6.45, 7) is 1.45. The topological polar surface area (TPSA) is 67.4 Å². The Balaban J connectivity index is 2.06. The van der Waals surface area contributed by atoms with Crippen LogP contribution in [-0.4, -0.2) is 18.6 Å². The molecule has 2 aromatic rings. The van der Waals surface area contributed by atoms with Gasteiger partial charge in [0, 0.05) is 6.54 Å². The van der Waals surface area contributed by atoms with E-state index in [2.05, 4.69) is 10.6 Å². The number of nitrogens with one attached hydrogen (secondary N) is 2. The molecule has 5 nitrogen and oxygen atoms in total. The minimum Gasteiger partial charge on any atom is -0.462 e. The highest BCUT2D eigenvalue weighted by Crippen LogP contribution is 2.30. The van der Waals surface area contributed by atoms with Gasteiger partial charge in [-0.1, -0.05) is 12.1 Å². The third-order valence-corrected chi connectivity index (χ3v) is 3.41. The van der Waals surface area contributed by atoms with Crippen LogP contribution in [0, 0.1) is 5.82 Å². The number of carbonyl (C=O) groups excluding carboxylic acids is 2. The fourth-order valence-electron chi connectivity index (χ4n) is 2.24. The molecule has 0 spiro atoms. The van der Waals surface area contributed by atoms with Crippen LogP contribution in [0.4, 0.5) is 28.0 Å². The van der Waals surface area contributed by atoms with E-state index in [1.54, 1.807) is 19.1 Å². The lowest BCUT2D eigenvalue weighted by atomic mass is 10.1. The lowest BCUT2D eigenvalue weighted by Crippen LogP contribution is -2.29.